The number of amides is 1. The van der Waals surface area contributed by atoms with Crippen LogP contribution in [0.1, 0.15) is 25.3 Å². The minimum atomic E-state index is -0.497. The van der Waals surface area contributed by atoms with Crippen molar-refractivity contribution >= 4 is 5.91 Å². The molecule has 1 saturated carbocycles. The maximum Gasteiger partial charge on any atom is 0.239 e. The summed E-state index contributed by atoms with van der Waals surface area (Å²) in [5.41, 5.74) is 6.98. The number of carbonyl (C=O) groups is 1. The Morgan fingerprint density at radius 1 is 1.42 bits per heavy atom. The summed E-state index contributed by atoms with van der Waals surface area (Å²) in [6, 6.07) is 6.35. The first-order valence-electron chi connectivity index (χ1n) is 6.92. The van der Waals surface area contributed by atoms with Gasteiger partial charge in [0.25, 0.3) is 0 Å². The third kappa shape index (κ3) is 3.96. The molecule has 0 aromatic heterocycles. The predicted molar refractivity (Wildman–Crippen MR) is 74.8 cm³/mol. The molecule has 4 heteroatoms. The molecule has 1 aromatic carbocycles. The molecule has 1 aromatic rings. The summed E-state index contributed by atoms with van der Waals surface area (Å²) in [6.07, 6.45) is 2.98. The minimum absolute atomic E-state index is 0.0301. The molecule has 19 heavy (non-hydrogen) atoms. The summed E-state index contributed by atoms with van der Waals surface area (Å²) in [7, 11) is 0. The maximum absolute atomic E-state index is 12.3. The number of phenolic OH excluding ortho intramolecular Hbond substituents is 1. The van der Waals surface area contributed by atoms with Crippen LogP contribution in [0, 0.1) is 5.92 Å². The predicted octanol–water partition coefficient (Wildman–Crippen LogP) is 1.52. The molecule has 0 radical (unpaired) electrons. The highest BCUT2D eigenvalue weighted by atomic mass is 16.3. The van der Waals surface area contributed by atoms with Crippen LogP contribution in [0.15, 0.2) is 24.3 Å². The Morgan fingerprint density at radius 3 is 2.58 bits per heavy atom. The van der Waals surface area contributed by atoms with Crippen LogP contribution in [0.2, 0.25) is 0 Å². The Morgan fingerprint density at radius 2 is 2.05 bits per heavy atom. The zero-order chi connectivity index (χ0) is 13.8. The molecule has 104 valence electrons. The smallest absolute Gasteiger partial charge is 0.239 e. The molecule has 0 aliphatic heterocycles. The molecule has 4 nitrogen and oxygen atoms in total. The second-order valence-electron chi connectivity index (χ2n) is 5.30. The Balaban J connectivity index is 1.91. The summed E-state index contributed by atoms with van der Waals surface area (Å²) in [5, 5.41) is 9.23. The SMILES string of the molecule is CCN(CC1CC1)C(=O)C(N)Cc1ccc(O)cc1. The topological polar surface area (TPSA) is 66.6 Å². The molecule has 3 N–H and O–H groups in total. The highest BCUT2D eigenvalue weighted by molar-refractivity contribution is 5.82. The van der Waals surface area contributed by atoms with Gasteiger partial charge in [-0.2, -0.15) is 0 Å². The van der Waals surface area contributed by atoms with Gasteiger partial charge < -0.3 is 15.7 Å². The van der Waals surface area contributed by atoms with Crippen molar-refractivity contribution < 1.29 is 9.90 Å². The maximum atomic E-state index is 12.3. The van der Waals surface area contributed by atoms with Gasteiger partial charge in [-0.05, 0) is 49.8 Å². The molecule has 0 spiro atoms. The molecule has 0 heterocycles. The van der Waals surface area contributed by atoms with E-state index in [1.807, 2.05) is 11.8 Å². The van der Waals surface area contributed by atoms with Gasteiger partial charge in [0.1, 0.15) is 5.75 Å². The lowest BCUT2D eigenvalue weighted by Gasteiger charge is -2.24. The third-order valence-electron chi connectivity index (χ3n) is 3.58. The van der Waals surface area contributed by atoms with Crippen molar-refractivity contribution in [3.8, 4) is 5.75 Å². The zero-order valence-corrected chi connectivity index (χ0v) is 11.4. The van der Waals surface area contributed by atoms with Gasteiger partial charge >= 0.3 is 0 Å². The van der Waals surface area contributed by atoms with E-state index in [0.717, 1.165) is 18.7 Å². The van der Waals surface area contributed by atoms with E-state index in [9.17, 15) is 9.90 Å². The van der Waals surface area contributed by atoms with Crippen molar-refractivity contribution in [2.75, 3.05) is 13.1 Å². The lowest BCUT2D eigenvalue weighted by Crippen LogP contribution is -2.45. The van der Waals surface area contributed by atoms with Gasteiger partial charge in [-0.1, -0.05) is 12.1 Å². The summed E-state index contributed by atoms with van der Waals surface area (Å²) >= 11 is 0. The number of hydrogen-bond donors (Lipinski definition) is 2. The van der Waals surface area contributed by atoms with Crippen LogP contribution in [0.3, 0.4) is 0 Å². The second kappa shape index (κ2) is 6.06. The largest absolute Gasteiger partial charge is 0.508 e. The molecule has 1 aliphatic carbocycles. The number of aromatic hydroxyl groups is 1. The molecule has 0 bridgehead atoms. The van der Waals surface area contributed by atoms with Crippen molar-refractivity contribution in [2.24, 2.45) is 11.7 Å². The highest BCUT2D eigenvalue weighted by Gasteiger charge is 2.28. The fourth-order valence-electron chi connectivity index (χ4n) is 2.19. The number of hydrogen-bond acceptors (Lipinski definition) is 3. The molecule has 0 saturated heterocycles. The molecule has 1 amide bonds. The van der Waals surface area contributed by atoms with Gasteiger partial charge in [0.2, 0.25) is 5.91 Å². The zero-order valence-electron chi connectivity index (χ0n) is 11.4. The lowest BCUT2D eigenvalue weighted by molar-refractivity contribution is -0.132. The molecule has 2 rings (SSSR count). The van der Waals surface area contributed by atoms with E-state index in [-0.39, 0.29) is 11.7 Å². The van der Waals surface area contributed by atoms with Crippen LogP contribution in [-0.4, -0.2) is 35.0 Å². The van der Waals surface area contributed by atoms with E-state index in [1.165, 1.54) is 12.8 Å². The van der Waals surface area contributed by atoms with E-state index in [0.29, 0.717) is 12.3 Å². The Hall–Kier alpha value is -1.55. The van der Waals surface area contributed by atoms with Gasteiger partial charge in [-0.25, -0.2) is 0 Å². The number of rotatable bonds is 6. The normalized spacial score (nSPS) is 16.1. The molecule has 1 unspecified atom stereocenters. The van der Waals surface area contributed by atoms with Gasteiger partial charge in [0.05, 0.1) is 6.04 Å². The number of likely N-dealkylation sites (N-methyl/N-ethyl adjacent to an activating group) is 1. The number of nitrogens with two attached hydrogens (primary N) is 1. The van der Waals surface area contributed by atoms with Crippen LogP contribution >= 0.6 is 0 Å². The average Bonchev–Trinajstić information content (AvgIpc) is 3.22. The monoisotopic (exact) mass is 262 g/mol. The van der Waals surface area contributed by atoms with Crippen LogP contribution in [0.5, 0.6) is 5.75 Å². The quantitative estimate of drug-likeness (QED) is 0.817. The minimum Gasteiger partial charge on any atom is -0.508 e. The van der Waals surface area contributed by atoms with E-state index in [4.69, 9.17) is 5.73 Å². The van der Waals surface area contributed by atoms with Crippen molar-refractivity contribution in [3.05, 3.63) is 29.8 Å². The van der Waals surface area contributed by atoms with E-state index in [1.54, 1.807) is 24.3 Å². The number of benzene rings is 1. The average molecular weight is 262 g/mol. The van der Waals surface area contributed by atoms with E-state index >= 15 is 0 Å². The standard InChI is InChI=1S/C15H22N2O2/c1-2-17(10-12-3-4-12)15(19)14(16)9-11-5-7-13(18)8-6-11/h5-8,12,14,18H,2-4,9-10,16H2,1H3. The fraction of sp³-hybridized carbons (Fsp3) is 0.533. The molecule has 1 atom stereocenters. The van der Waals surface area contributed by atoms with Crippen molar-refractivity contribution in [1.82, 2.24) is 4.90 Å². The Labute approximate surface area is 114 Å². The van der Waals surface area contributed by atoms with E-state index in [2.05, 4.69) is 0 Å². The van der Waals surface area contributed by atoms with Gasteiger partial charge in [-0.3, -0.25) is 4.79 Å². The van der Waals surface area contributed by atoms with Crippen molar-refractivity contribution in [1.29, 1.82) is 0 Å². The summed E-state index contributed by atoms with van der Waals surface area (Å²) < 4.78 is 0. The second-order valence-corrected chi connectivity index (χ2v) is 5.30. The molecule has 1 fully saturated rings. The highest BCUT2D eigenvalue weighted by Crippen LogP contribution is 2.29. The summed E-state index contributed by atoms with van der Waals surface area (Å²) in [4.78, 5) is 14.1. The van der Waals surface area contributed by atoms with Gasteiger partial charge in [0.15, 0.2) is 0 Å². The summed E-state index contributed by atoms with van der Waals surface area (Å²) in [6.45, 7) is 3.56. The van der Waals surface area contributed by atoms with E-state index < -0.39 is 6.04 Å². The lowest BCUT2D eigenvalue weighted by atomic mass is 10.1. The molecule has 1 aliphatic rings. The fourth-order valence-corrected chi connectivity index (χ4v) is 2.19. The van der Waals surface area contributed by atoms with Crippen LogP contribution in [-0.2, 0) is 11.2 Å². The first kappa shape index (κ1) is 13.9. The van der Waals surface area contributed by atoms with Crippen LogP contribution in [0.25, 0.3) is 0 Å². The Bertz CT molecular complexity index is 426. The first-order chi connectivity index (χ1) is 9.10. The molecular formula is C15H22N2O2. The number of carbonyl (C=O) groups excluding carboxylic acids is 1. The van der Waals surface area contributed by atoms with Gasteiger partial charge in [0, 0.05) is 13.1 Å². The number of phenols is 1. The third-order valence-corrected chi connectivity index (χ3v) is 3.58. The Kier molecular flexibility index (Phi) is 4.43. The first-order valence-corrected chi connectivity index (χ1v) is 6.92. The molecular weight excluding hydrogens is 240 g/mol. The summed E-state index contributed by atoms with van der Waals surface area (Å²) in [5.74, 6) is 0.944. The van der Waals surface area contributed by atoms with Crippen molar-refractivity contribution in [2.45, 2.75) is 32.2 Å². The number of nitrogens with zero attached hydrogens (tertiary/aromatic N) is 1. The van der Waals surface area contributed by atoms with Gasteiger partial charge in [-0.15, -0.1) is 0 Å². The van der Waals surface area contributed by atoms with Crippen LogP contribution < -0.4 is 5.73 Å². The van der Waals surface area contributed by atoms with Crippen molar-refractivity contribution in [3.63, 3.8) is 0 Å². The van der Waals surface area contributed by atoms with Crippen LogP contribution in [0.4, 0.5) is 0 Å².